The lowest BCUT2D eigenvalue weighted by Crippen LogP contribution is -2.56. The van der Waals surface area contributed by atoms with Crippen LogP contribution in [-0.4, -0.2) is 77.4 Å². The zero-order valence-electron chi connectivity index (χ0n) is 21.8. The van der Waals surface area contributed by atoms with Gasteiger partial charge in [0.2, 0.25) is 5.95 Å². The quantitative estimate of drug-likeness (QED) is 0.511. The Hall–Kier alpha value is -3.94. The summed E-state index contributed by atoms with van der Waals surface area (Å²) in [6.45, 7) is 5.93. The van der Waals surface area contributed by atoms with Crippen LogP contribution in [0.25, 0.3) is 11.4 Å². The zero-order valence-corrected chi connectivity index (χ0v) is 21.8. The van der Waals surface area contributed by atoms with Crippen molar-refractivity contribution in [3.05, 3.63) is 48.3 Å². The van der Waals surface area contributed by atoms with E-state index >= 15 is 0 Å². The van der Waals surface area contributed by atoms with Crippen LogP contribution in [0.3, 0.4) is 0 Å². The largest absolute Gasteiger partial charge is 0.485 e. The Bertz CT molecular complexity index is 1380. The molecule has 10 heteroatoms. The second kappa shape index (κ2) is 10.3. The Kier molecular flexibility index (Phi) is 6.38. The van der Waals surface area contributed by atoms with Gasteiger partial charge in [0.25, 0.3) is 0 Å². The number of fused-ring (bicyclic) bond motifs is 2. The van der Waals surface area contributed by atoms with Gasteiger partial charge in [-0.3, -0.25) is 4.90 Å². The Morgan fingerprint density at radius 2 is 1.82 bits per heavy atom. The molecule has 2 N–H and O–H groups in total. The fourth-order valence-electron chi connectivity index (χ4n) is 5.99. The molecule has 0 bridgehead atoms. The molecular weight excluding hydrogens is 492 g/mol. The summed E-state index contributed by atoms with van der Waals surface area (Å²) in [5.41, 5.74) is 4.20. The third-order valence-corrected chi connectivity index (χ3v) is 8.29. The van der Waals surface area contributed by atoms with Crippen LogP contribution in [-0.2, 0) is 4.74 Å². The van der Waals surface area contributed by atoms with E-state index in [0.717, 1.165) is 75.6 Å². The van der Waals surface area contributed by atoms with Crippen molar-refractivity contribution in [3.63, 3.8) is 0 Å². The van der Waals surface area contributed by atoms with Crippen molar-refractivity contribution in [2.75, 3.05) is 54.9 Å². The third-order valence-electron chi connectivity index (χ3n) is 8.29. The predicted molar refractivity (Wildman–Crippen MR) is 148 cm³/mol. The molecule has 2 saturated heterocycles. The minimum Gasteiger partial charge on any atom is -0.485 e. The molecule has 3 aromatic rings. The first-order valence-electron chi connectivity index (χ1n) is 13.9. The summed E-state index contributed by atoms with van der Waals surface area (Å²) in [4.78, 5) is 18.4. The van der Waals surface area contributed by atoms with Gasteiger partial charge in [-0.15, -0.1) is 0 Å². The Morgan fingerprint density at radius 1 is 1.00 bits per heavy atom. The molecule has 4 aliphatic rings. The summed E-state index contributed by atoms with van der Waals surface area (Å²) in [7, 11) is 0. The zero-order chi connectivity index (χ0) is 26.2. The van der Waals surface area contributed by atoms with Gasteiger partial charge in [-0.1, -0.05) is 6.42 Å². The van der Waals surface area contributed by atoms with E-state index in [0.29, 0.717) is 29.1 Å². The van der Waals surface area contributed by atoms with Gasteiger partial charge in [0.15, 0.2) is 11.6 Å². The van der Waals surface area contributed by atoms with Gasteiger partial charge >= 0.3 is 0 Å². The van der Waals surface area contributed by atoms with Crippen LogP contribution >= 0.6 is 0 Å². The average Bonchev–Trinajstić information content (AvgIpc) is 2.95. The van der Waals surface area contributed by atoms with Crippen molar-refractivity contribution in [2.24, 2.45) is 0 Å². The van der Waals surface area contributed by atoms with Crippen molar-refractivity contribution in [2.45, 2.75) is 43.9 Å². The van der Waals surface area contributed by atoms with Crippen LogP contribution in [0.4, 0.5) is 23.0 Å². The molecule has 2 atom stereocenters. The van der Waals surface area contributed by atoms with Gasteiger partial charge < -0.3 is 25.0 Å². The lowest BCUT2D eigenvalue weighted by atomic mass is 9.90. The van der Waals surface area contributed by atoms with Crippen LogP contribution in [0.15, 0.2) is 42.7 Å². The fourth-order valence-corrected chi connectivity index (χ4v) is 5.99. The molecule has 1 aliphatic carbocycles. The number of ether oxygens (including phenoxy) is 2. The van der Waals surface area contributed by atoms with Crippen LogP contribution in [0.2, 0.25) is 0 Å². The topological polar surface area (TPSA) is 111 Å². The smallest absolute Gasteiger partial charge is 0.230 e. The fraction of sp³-hybridized carbons (Fsp3) is 0.448. The highest BCUT2D eigenvalue weighted by atomic mass is 16.5. The molecule has 39 heavy (non-hydrogen) atoms. The highest BCUT2D eigenvalue weighted by molar-refractivity contribution is 5.75. The molecule has 1 saturated carbocycles. The van der Waals surface area contributed by atoms with E-state index in [4.69, 9.17) is 9.47 Å². The van der Waals surface area contributed by atoms with E-state index in [1.807, 2.05) is 6.07 Å². The molecule has 0 radical (unpaired) electrons. The van der Waals surface area contributed by atoms with Gasteiger partial charge in [0.1, 0.15) is 18.5 Å². The summed E-state index contributed by atoms with van der Waals surface area (Å²) in [5, 5.41) is 16.8. The van der Waals surface area contributed by atoms with Gasteiger partial charge in [0, 0.05) is 43.1 Å². The maximum Gasteiger partial charge on any atom is 0.230 e. The molecule has 4 heterocycles. The lowest BCUT2D eigenvalue weighted by molar-refractivity contribution is -0.0660. The third kappa shape index (κ3) is 4.84. The molecular formula is C29H32N8O2. The minimum absolute atomic E-state index is 0.121. The number of hydrogen-bond donors (Lipinski definition) is 2. The molecule has 200 valence electrons. The first-order chi connectivity index (χ1) is 19.2. The Balaban J connectivity index is 1.05. The van der Waals surface area contributed by atoms with Crippen molar-refractivity contribution >= 4 is 23.0 Å². The number of aromatic nitrogens is 3. The van der Waals surface area contributed by atoms with Crippen LogP contribution in [0.5, 0.6) is 5.75 Å². The number of piperazine rings is 1. The van der Waals surface area contributed by atoms with Gasteiger partial charge in [-0.25, -0.2) is 9.97 Å². The monoisotopic (exact) mass is 524 g/mol. The summed E-state index contributed by atoms with van der Waals surface area (Å²) < 4.78 is 11.6. The Labute approximate surface area is 228 Å². The first kappa shape index (κ1) is 24.1. The number of rotatable bonds is 5. The number of nitriles is 1. The molecule has 3 fully saturated rings. The molecule has 1 aromatic heterocycles. The van der Waals surface area contributed by atoms with Crippen LogP contribution in [0.1, 0.15) is 31.2 Å². The van der Waals surface area contributed by atoms with E-state index in [2.05, 4.69) is 65.7 Å². The highest BCUT2D eigenvalue weighted by Crippen LogP contribution is 2.41. The number of hydrogen-bond acceptors (Lipinski definition) is 10. The molecule has 10 nitrogen and oxygen atoms in total. The number of nitrogens with one attached hydrogen (secondary N) is 2. The predicted octanol–water partition coefficient (Wildman–Crippen LogP) is 3.79. The second-order valence-corrected chi connectivity index (χ2v) is 10.7. The van der Waals surface area contributed by atoms with Crippen molar-refractivity contribution in [3.8, 4) is 23.2 Å². The molecule has 0 spiro atoms. The van der Waals surface area contributed by atoms with Crippen LogP contribution in [0, 0.1) is 11.3 Å². The Morgan fingerprint density at radius 3 is 2.59 bits per heavy atom. The standard InChI is InChI=1S/C29H32N8O2/c30-15-20-13-19(14-25-27(20)39-26-4-2-1-3-24(26)34-25)28-31-18-32-29(35-28)33-21-5-7-22(8-6-21)36-9-11-37(12-10-36)23-16-38-17-23/h5-8,13-14,18,23-24,26,34H,1-4,9-12,16-17H2,(H,31,32,33,35)/t24-,26+/m1/s1. The van der Waals surface area contributed by atoms with E-state index in [9.17, 15) is 5.26 Å². The molecule has 2 aromatic carbocycles. The lowest BCUT2D eigenvalue weighted by Gasteiger charge is -2.43. The van der Waals surface area contributed by atoms with E-state index in [1.54, 1.807) is 6.07 Å². The molecule has 3 aliphatic heterocycles. The number of anilines is 4. The van der Waals surface area contributed by atoms with Crippen molar-refractivity contribution < 1.29 is 9.47 Å². The van der Waals surface area contributed by atoms with E-state index in [1.165, 1.54) is 18.4 Å². The van der Waals surface area contributed by atoms with Crippen molar-refractivity contribution in [1.29, 1.82) is 5.26 Å². The number of nitrogens with zero attached hydrogens (tertiary/aromatic N) is 6. The maximum atomic E-state index is 9.84. The van der Waals surface area contributed by atoms with Crippen LogP contribution < -0.4 is 20.3 Å². The summed E-state index contributed by atoms with van der Waals surface area (Å²) in [5.74, 6) is 1.60. The van der Waals surface area contributed by atoms with Crippen molar-refractivity contribution in [1.82, 2.24) is 19.9 Å². The summed E-state index contributed by atoms with van der Waals surface area (Å²) in [6, 6.07) is 15.3. The average molecular weight is 525 g/mol. The second-order valence-electron chi connectivity index (χ2n) is 10.7. The van der Waals surface area contributed by atoms with E-state index in [-0.39, 0.29) is 12.1 Å². The minimum atomic E-state index is 0.121. The highest BCUT2D eigenvalue weighted by Gasteiger charge is 2.33. The number of benzene rings is 2. The summed E-state index contributed by atoms with van der Waals surface area (Å²) in [6.07, 6.45) is 6.05. The SMILES string of the molecule is N#Cc1cc(-c2ncnc(Nc3ccc(N4CCN(C5COC5)CC4)cc3)n2)cc2c1O[C@H]1CCCC[C@H]1N2. The van der Waals surface area contributed by atoms with Gasteiger partial charge in [-0.2, -0.15) is 10.2 Å². The molecule has 0 unspecified atom stereocenters. The van der Waals surface area contributed by atoms with Gasteiger partial charge in [-0.05, 0) is 55.7 Å². The normalized spacial score (nSPS) is 22.9. The first-order valence-corrected chi connectivity index (χ1v) is 13.9. The maximum absolute atomic E-state index is 9.84. The summed E-state index contributed by atoms with van der Waals surface area (Å²) >= 11 is 0. The molecule has 0 amide bonds. The molecule has 7 rings (SSSR count). The van der Waals surface area contributed by atoms with E-state index < -0.39 is 0 Å². The van der Waals surface area contributed by atoms with Gasteiger partial charge in [0.05, 0.1) is 36.5 Å².